The average Bonchev–Trinajstić information content (AvgIpc) is 2.37. The van der Waals surface area contributed by atoms with Gasteiger partial charge in [0, 0.05) is 31.4 Å². The Morgan fingerprint density at radius 1 is 1.56 bits per heavy atom. The highest BCUT2D eigenvalue weighted by molar-refractivity contribution is 5.66. The van der Waals surface area contributed by atoms with Gasteiger partial charge in [0.1, 0.15) is 0 Å². The van der Waals surface area contributed by atoms with Crippen molar-refractivity contribution < 1.29 is 9.90 Å². The number of rotatable bonds is 4. The topological polar surface area (TPSA) is 86.3 Å². The lowest BCUT2D eigenvalue weighted by Gasteiger charge is -2.35. The van der Waals surface area contributed by atoms with Crippen molar-refractivity contribution in [3.8, 4) is 0 Å². The first-order chi connectivity index (χ1) is 8.68. The van der Waals surface area contributed by atoms with E-state index in [1.807, 2.05) is 4.90 Å². The maximum absolute atomic E-state index is 11.7. The number of aromatic nitrogens is 2. The second-order valence-electron chi connectivity index (χ2n) is 4.52. The molecule has 0 amide bonds. The molecule has 2 rings (SSSR count). The number of H-pyrrole nitrogens is 1. The van der Waals surface area contributed by atoms with Crippen LogP contribution in [0.4, 0.5) is 5.82 Å². The summed E-state index contributed by atoms with van der Waals surface area (Å²) in [4.78, 5) is 31.0. The van der Waals surface area contributed by atoms with E-state index in [4.69, 9.17) is 5.11 Å². The Balaban J connectivity index is 2.15. The molecule has 1 saturated heterocycles. The van der Waals surface area contributed by atoms with Crippen LogP contribution in [-0.4, -0.2) is 33.6 Å². The summed E-state index contributed by atoms with van der Waals surface area (Å²) in [6, 6.07) is 0.103. The largest absolute Gasteiger partial charge is 0.481 e. The quantitative estimate of drug-likeness (QED) is 0.833. The number of hydrogen-bond donors (Lipinski definition) is 2. The van der Waals surface area contributed by atoms with Gasteiger partial charge in [-0.25, -0.2) is 4.98 Å². The standard InChI is InChI=1S/C12H17N3O3/c16-10(17)5-4-9-3-1-2-8-15(9)11-12(18)14-7-6-13-11/h6-7,9H,1-5,8H2,(H,14,18)(H,16,17). The molecule has 0 aromatic carbocycles. The summed E-state index contributed by atoms with van der Waals surface area (Å²) in [5, 5.41) is 8.75. The monoisotopic (exact) mass is 251 g/mol. The fourth-order valence-corrected chi connectivity index (χ4v) is 2.42. The molecule has 0 radical (unpaired) electrons. The van der Waals surface area contributed by atoms with Crippen LogP contribution in [0.5, 0.6) is 0 Å². The molecule has 1 unspecified atom stereocenters. The molecule has 1 aromatic rings. The molecule has 2 N–H and O–H groups in total. The molecule has 1 aliphatic heterocycles. The molecule has 1 fully saturated rings. The van der Waals surface area contributed by atoms with Crippen molar-refractivity contribution in [2.45, 2.75) is 38.1 Å². The molecule has 0 spiro atoms. The van der Waals surface area contributed by atoms with Crippen LogP contribution in [0.1, 0.15) is 32.1 Å². The zero-order chi connectivity index (χ0) is 13.0. The minimum Gasteiger partial charge on any atom is -0.481 e. The van der Waals surface area contributed by atoms with Gasteiger partial charge in [-0.2, -0.15) is 0 Å². The van der Waals surface area contributed by atoms with Gasteiger partial charge in [-0.3, -0.25) is 9.59 Å². The lowest BCUT2D eigenvalue weighted by atomic mass is 9.98. The minimum atomic E-state index is -0.796. The Bertz CT molecular complexity index is 472. The minimum absolute atomic E-state index is 0.103. The van der Waals surface area contributed by atoms with Gasteiger partial charge in [0.15, 0.2) is 5.82 Å². The Hall–Kier alpha value is -1.85. The molecule has 6 heteroatoms. The van der Waals surface area contributed by atoms with E-state index in [-0.39, 0.29) is 18.0 Å². The Morgan fingerprint density at radius 2 is 2.39 bits per heavy atom. The maximum Gasteiger partial charge on any atom is 0.303 e. The molecular formula is C12H17N3O3. The maximum atomic E-state index is 11.7. The third-order valence-electron chi connectivity index (χ3n) is 3.28. The highest BCUT2D eigenvalue weighted by Crippen LogP contribution is 2.23. The number of carboxylic acid groups (broad SMARTS) is 1. The lowest BCUT2D eigenvalue weighted by Crippen LogP contribution is -2.43. The summed E-state index contributed by atoms with van der Waals surface area (Å²) in [5.74, 6) is -0.386. The molecule has 1 atom stereocenters. The van der Waals surface area contributed by atoms with E-state index >= 15 is 0 Å². The second-order valence-corrected chi connectivity index (χ2v) is 4.52. The van der Waals surface area contributed by atoms with Gasteiger partial charge in [-0.05, 0) is 25.7 Å². The first-order valence-corrected chi connectivity index (χ1v) is 6.20. The van der Waals surface area contributed by atoms with Crippen molar-refractivity contribution in [3.63, 3.8) is 0 Å². The fraction of sp³-hybridized carbons (Fsp3) is 0.583. The number of carbonyl (C=O) groups is 1. The van der Waals surface area contributed by atoms with Crippen LogP contribution >= 0.6 is 0 Å². The summed E-state index contributed by atoms with van der Waals surface area (Å²) >= 11 is 0. The summed E-state index contributed by atoms with van der Waals surface area (Å²) in [7, 11) is 0. The molecule has 18 heavy (non-hydrogen) atoms. The van der Waals surface area contributed by atoms with Crippen molar-refractivity contribution in [2.24, 2.45) is 0 Å². The van der Waals surface area contributed by atoms with Crippen LogP contribution in [0.2, 0.25) is 0 Å². The van der Waals surface area contributed by atoms with E-state index in [1.54, 1.807) is 6.20 Å². The predicted molar refractivity (Wildman–Crippen MR) is 66.7 cm³/mol. The molecule has 0 aliphatic carbocycles. The first kappa shape index (κ1) is 12.6. The van der Waals surface area contributed by atoms with Gasteiger partial charge in [-0.1, -0.05) is 0 Å². The number of aromatic amines is 1. The summed E-state index contributed by atoms with van der Waals surface area (Å²) in [6.45, 7) is 0.768. The van der Waals surface area contributed by atoms with Gasteiger partial charge in [-0.15, -0.1) is 0 Å². The number of piperidine rings is 1. The molecule has 2 heterocycles. The van der Waals surface area contributed by atoms with Crippen molar-refractivity contribution in [2.75, 3.05) is 11.4 Å². The van der Waals surface area contributed by atoms with E-state index in [2.05, 4.69) is 9.97 Å². The van der Waals surface area contributed by atoms with Crippen LogP contribution in [-0.2, 0) is 4.79 Å². The summed E-state index contributed by atoms with van der Waals surface area (Å²) in [5.41, 5.74) is -0.209. The van der Waals surface area contributed by atoms with Gasteiger partial charge >= 0.3 is 5.97 Å². The third-order valence-corrected chi connectivity index (χ3v) is 3.28. The van der Waals surface area contributed by atoms with Crippen LogP contribution < -0.4 is 10.5 Å². The smallest absolute Gasteiger partial charge is 0.303 e. The number of nitrogens with one attached hydrogen (secondary N) is 1. The summed E-state index contributed by atoms with van der Waals surface area (Å²) < 4.78 is 0. The van der Waals surface area contributed by atoms with E-state index in [9.17, 15) is 9.59 Å². The molecule has 1 aromatic heterocycles. The van der Waals surface area contributed by atoms with Gasteiger partial charge < -0.3 is 15.0 Å². The highest BCUT2D eigenvalue weighted by Gasteiger charge is 2.25. The molecule has 1 aliphatic rings. The van der Waals surface area contributed by atoms with Gasteiger partial charge in [0.25, 0.3) is 5.56 Å². The van der Waals surface area contributed by atoms with E-state index in [1.165, 1.54) is 6.20 Å². The number of aliphatic carboxylic acids is 1. The summed E-state index contributed by atoms with van der Waals surface area (Å²) in [6.07, 6.45) is 6.76. The molecule has 98 valence electrons. The Morgan fingerprint density at radius 3 is 3.11 bits per heavy atom. The molecule has 6 nitrogen and oxygen atoms in total. The molecular weight excluding hydrogens is 234 g/mol. The average molecular weight is 251 g/mol. The van der Waals surface area contributed by atoms with Crippen molar-refractivity contribution in [3.05, 3.63) is 22.7 Å². The zero-order valence-electron chi connectivity index (χ0n) is 10.1. The van der Waals surface area contributed by atoms with Crippen LogP contribution in [0.25, 0.3) is 0 Å². The van der Waals surface area contributed by atoms with Crippen molar-refractivity contribution in [1.82, 2.24) is 9.97 Å². The van der Waals surface area contributed by atoms with Crippen LogP contribution in [0.15, 0.2) is 17.2 Å². The lowest BCUT2D eigenvalue weighted by molar-refractivity contribution is -0.137. The normalized spacial score (nSPS) is 19.8. The third kappa shape index (κ3) is 2.88. The van der Waals surface area contributed by atoms with E-state index < -0.39 is 5.97 Å². The number of anilines is 1. The second kappa shape index (κ2) is 5.66. The first-order valence-electron chi connectivity index (χ1n) is 6.20. The van der Waals surface area contributed by atoms with Crippen molar-refractivity contribution in [1.29, 1.82) is 0 Å². The number of carboxylic acids is 1. The van der Waals surface area contributed by atoms with E-state index in [0.717, 1.165) is 25.8 Å². The Kier molecular flexibility index (Phi) is 3.96. The zero-order valence-corrected chi connectivity index (χ0v) is 10.1. The Labute approximate surface area is 105 Å². The highest BCUT2D eigenvalue weighted by atomic mass is 16.4. The SMILES string of the molecule is O=C(O)CCC1CCCCN1c1ncc[nH]c1=O. The van der Waals surface area contributed by atoms with Crippen LogP contribution in [0, 0.1) is 0 Å². The van der Waals surface area contributed by atoms with E-state index in [0.29, 0.717) is 12.2 Å². The fourth-order valence-electron chi connectivity index (χ4n) is 2.42. The molecule has 0 bridgehead atoms. The van der Waals surface area contributed by atoms with Crippen molar-refractivity contribution >= 4 is 11.8 Å². The van der Waals surface area contributed by atoms with Gasteiger partial charge in [0.05, 0.1) is 0 Å². The van der Waals surface area contributed by atoms with Gasteiger partial charge in [0.2, 0.25) is 0 Å². The number of nitrogens with zero attached hydrogens (tertiary/aromatic N) is 2. The predicted octanol–water partition coefficient (Wildman–Crippen LogP) is 0.994. The number of hydrogen-bond acceptors (Lipinski definition) is 4. The van der Waals surface area contributed by atoms with Crippen LogP contribution in [0.3, 0.4) is 0 Å². The molecule has 0 saturated carbocycles.